The highest BCUT2D eigenvalue weighted by molar-refractivity contribution is 7.91. The number of aromatic hydroxyl groups is 1. The summed E-state index contributed by atoms with van der Waals surface area (Å²) in [6.07, 6.45) is 1.55. The Morgan fingerprint density at radius 2 is 1.67 bits per heavy atom. The van der Waals surface area contributed by atoms with Crippen molar-refractivity contribution in [2.75, 3.05) is 5.75 Å². The summed E-state index contributed by atoms with van der Waals surface area (Å²) in [4.78, 5) is 12.5. The number of phenolic OH excluding ortho intramolecular Hbond substituents is 1. The first-order valence-electron chi connectivity index (χ1n) is 6.33. The molecule has 0 aromatic heterocycles. The minimum atomic E-state index is -3.49. The number of rotatable bonds is 1. The van der Waals surface area contributed by atoms with Crippen LogP contribution in [0.15, 0.2) is 59.0 Å². The second kappa shape index (κ2) is 4.86. The van der Waals surface area contributed by atoms with Crippen LogP contribution >= 0.6 is 0 Å². The van der Waals surface area contributed by atoms with Gasteiger partial charge in [-0.15, -0.1) is 0 Å². The van der Waals surface area contributed by atoms with Crippen LogP contribution in [0.3, 0.4) is 0 Å². The van der Waals surface area contributed by atoms with Gasteiger partial charge >= 0.3 is 0 Å². The van der Waals surface area contributed by atoms with Crippen molar-refractivity contribution in [3.63, 3.8) is 0 Å². The van der Waals surface area contributed by atoms with E-state index in [1.807, 2.05) is 0 Å². The Morgan fingerprint density at radius 3 is 2.38 bits per heavy atom. The van der Waals surface area contributed by atoms with Crippen molar-refractivity contribution in [1.29, 1.82) is 0 Å². The highest BCUT2D eigenvalue weighted by Gasteiger charge is 2.32. The number of fused-ring (bicyclic) bond motifs is 1. The molecule has 1 aliphatic heterocycles. The van der Waals surface area contributed by atoms with E-state index in [-0.39, 0.29) is 33.3 Å². The van der Waals surface area contributed by atoms with Crippen LogP contribution < -0.4 is 0 Å². The zero-order valence-electron chi connectivity index (χ0n) is 11.0. The summed E-state index contributed by atoms with van der Waals surface area (Å²) in [5.74, 6) is -0.456. The largest absolute Gasteiger partial charge is 0.508 e. The van der Waals surface area contributed by atoms with E-state index in [0.717, 1.165) is 0 Å². The first kappa shape index (κ1) is 13.6. The molecule has 21 heavy (non-hydrogen) atoms. The molecule has 5 heteroatoms. The number of benzene rings is 2. The molecule has 0 saturated carbocycles. The minimum absolute atomic E-state index is 0.0952. The lowest BCUT2D eigenvalue weighted by atomic mass is 10.0. The van der Waals surface area contributed by atoms with Crippen LogP contribution in [0.2, 0.25) is 0 Å². The predicted octanol–water partition coefficient (Wildman–Crippen LogP) is 2.45. The molecule has 0 saturated heterocycles. The van der Waals surface area contributed by atoms with E-state index >= 15 is 0 Å². The van der Waals surface area contributed by atoms with Gasteiger partial charge in [0, 0.05) is 11.1 Å². The van der Waals surface area contributed by atoms with Crippen molar-refractivity contribution in [2.45, 2.75) is 4.90 Å². The molecule has 0 fully saturated rings. The van der Waals surface area contributed by atoms with Crippen molar-refractivity contribution >= 4 is 21.7 Å². The van der Waals surface area contributed by atoms with Crippen molar-refractivity contribution in [1.82, 2.24) is 0 Å². The van der Waals surface area contributed by atoms with Crippen molar-refractivity contribution in [3.05, 3.63) is 65.2 Å². The second-order valence-corrected chi connectivity index (χ2v) is 6.80. The van der Waals surface area contributed by atoms with Crippen molar-refractivity contribution in [3.8, 4) is 5.75 Å². The van der Waals surface area contributed by atoms with E-state index in [2.05, 4.69) is 0 Å². The van der Waals surface area contributed by atoms with Crippen LogP contribution in [-0.4, -0.2) is 25.1 Å². The van der Waals surface area contributed by atoms with Gasteiger partial charge in [0.05, 0.1) is 10.6 Å². The molecule has 0 atom stereocenters. The summed E-state index contributed by atoms with van der Waals surface area (Å²) in [6, 6.07) is 12.5. The van der Waals surface area contributed by atoms with Gasteiger partial charge in [-0.2, -0.15) is 0 Å². The number of carbonyl (C=O) groups excluding carboxylic acids is 1. The Hall–Kier alpha value is -2.40. The number of ketones is 1. The number of Topliss-reactive ketones (excluding diaryl/α,β-unsaturated/α-hetero) is 1. The molecular weight excluding hydrogens is 288 g/mol. The monoisotopic (exact) mass is 300 g/mol. The normalized spacial score (nSPS) is 18.5. The van der Waals surface area contributed by atoms with Crippen LogP contribution in [-0.2, 0) is 9.84 Å². The Morgan fingerprint density at radius 1 is 1.00 bits per heavy atom. The first-order valence-corrected chi connectivity index (χ1v) is 7.99. The standard InChI is InChI=1S/C16H12O4S/c17-13-7-5-11(6-8-13)9-12-10-21(19,20)15-4-2-1-3-14(15)16(12)18/h1-9,17H,10H2/b12-9+. The molecule has 1 heterocycles. The molecule has 0 aliphatic carbocycles. The van der Waals surface area contributed by atoms with E-state index in [9.17, 15) is 18.3 Å². The van der Waals surface area contributed by atoms with Crippen LogP contribution in [0.5, 0.6) is 5.75 Å². The summed E-state index contributed by atoms with van der Waals surface area (Å²) >= 11 is 0. The van der Waals surface area contributed by atoms with Gasteiger partial charge in [-0.3, -0.25) is 4.79 Å². The van der Waals surface area contributed by atoms with Crippen LogP contribution in [0.4, 0.5) is 0 Å². The summed E-state index contributed by atoms with van der Waals surface area (Å²) in [6.45, 7) is 0. The predicted molar refractivity (Wildman–Crippen MR) is 78.9 cm³/mol. The van der Waals surface area contributed by atoms with Gasteiger partial charge in [0.25, 0.3) is 0 Å². The number of hydrogen-bond acceptors (Lipinski definition) is 4. The van der Waals surface area contributed by atoms with Crippen LogP contribution in [0.1, 0.15) is 15.9 Å². The lowest BCUT2D eigenvalue weighted by Gasteiger charge is -2.17. The van der Waals surface area contributed by atoms with Crippen LogP contribution in [0, 0.1) is 0 Å². The number of carbonyl (C=O) groups is 1. The average molecular weight is 300 g/mol. The summed E-state index contributed by atoms with van der Waals surface area (Å²) < 4.78 is 24.5. The molecule has 4 nitrogen and oxygen atoms in total. The number of phenols is 1. The van der Waals surface area contributed by atoms with E-state index in [1.165, 1.54) is 24.3 Å². The first-order chi connectivity index (χ1) is 9.97. The molecular formula is C16H12O4S. The minimum Gasteiger partial charge on any atom is -0.508 e. The Balaban J connectivity index is 2.11. The molecule has 2 aromatic carbocycles. The summed E-state index contributed by atoms with van der Waals surface area (Å²) in [5.41, 5.74) is 1.12. The fourth-order valence-electron chi connectivity index (χ4n) is 2.33. The Labute approximate surface area is 122 Å². The zero-order chi connectivity index (χ0) is 15.0. The molecule has 106 valence electrons. The molecule has 1 N–H and O–H groups in total. The van der Waals surface area contributed by atoms with Gasteiger partial charge in [-0.05, 0) is 35.9 Å². The number of hydrogen-bond donors (Lipinski definition) is 1. The Kier molecular flexibility index (Phi) is 3.14. The highest BCUT2D eigenvalue weighted by atomic mass is 32.2. The quantitative estimate of drug-likeness (QED) is 0.821. The van der Waals surface area contributed by atoms with Gasteiger partial charge < -0.3 is 5.11 Å². The SMILES string of the molecule is O=C1/C(=C/c2ccc(O)cc2)CS(=O)(=O)c2ccccc21. The molecule has 0 bridgehead atoms. The van der Waals surface area contributed by atoms with Crippen LogP contribution in [0.25, 0.3) is 6.08 Å². The zero-order valence-corrected chi connectivity index (χ0v) is 11.8. The van der Waals surface area contributed by atoms with E-state index in [4.69, 9.17) is 0 Å². The third-order valence-corrected chi connectivity index (χ3v) is 5.06. The summed E-state index contributed by atoms with van der Waals surface area (Å²) in [5, 5.41) is 9.24. The van der Waals surface area contributed by atoms with Crippen molar-refractivity contribution < 1.29 is 18.3 Å². The maximum Gasteiger partial charge on any atom is 0.191 e. The van der Waals surface area contributed by atoms with E-state index in [1.54, 1.807) is 30.3 Å². The molecule has 0 unspecified atom stereocenters. The lowest BCUT2D eigenvalue weighted by Crippen LogP contribution is -2.24. The topological polar surface area (TPSA) is 71.4 Å². The lowest BCUT2D eigenvalue weighted by molar-refractivity contribution is 0.103. The number of sulfone groups is 1. The van der Waals surface area contributed by atoms with Gasteiger partial charge in [0.15, 0.2) is 15.6 Å². The maximum atomic E-state index is 12.4. The van der Waals surface area contributed by atoms with Crippen molar-refractivity contribution in [2.24, 2.45) is 0 Å². The van der Waals surface area contributed by atoms with Gasteiger partial charge in [-0.25, -0.2) is 8.42 Å². The summed E-state index contributed by atoms with van der Waals surface area (Å²) in [7, 11) is -3.49. The van der Waals surface area contributed by atoms with Gasteiger partial charge in [-0.1, -0.05) is 24.3 Å². The molecule has 0 amide bonds. The molecule has 1 aliphatic rings. The van der Waals surface area contributed by atoms with E-state index < -0.39 is 9.84 Å². The molecule has 3 rings (SSSR count). The smallest absolute Gasteiger partial charge is 0.191 e. The molecule has 2 aromatic rings. The highest BCUT2D eigenvalue weighted by Crippen LogP contribution is 2.28. The molecule has 0 spiro atoms. The third kappa shape index (κ3) is 2.48. The van der Waals surface area contributed by atoms with E-state index in [0.29, 0.717) is 5.56 Å². The maximum absolute atomic E-state index is 12.4. The second-order valence-electron chi connectivity index (χ2n) is 4.85. The molecule has 0 radical (unpaired) electrons. The Bertz CT molecular complexity index is 846. The fourth-order valence-corrected chi connectivity index (χ4v) is 3.89. The van der Waals surface area contributed by atoms with Gasteiger partial charge in [0.1, 0.15) is 5.75 Å². The third-order valence-electron chi connectivity index (χ3n) is 3.34. The average Bonchev–Trinajstić information content (AvgIpc) is 2.47. The fraction of sp³-hybridized carbons (Fsp3) is 0.0625. The van der Waals surface area contributed by atoms with Gasteiger partial charge in [0.2, 0.25) is 0 Å².